The Labute approximate surface area is 126 Å². The van der Waals surface area contributed by atoms with Crippen molar-refractivity contribution >= 4 is 11.1 Å². The fourth-order valence-corrected chi connectivity index (χ4v) is 4.62. The number of oxazole rings is 1. The maximum atomic E-state index is 5.93. The van der Waals surface area contributed by atoms with Gasteiger partial charge in [0.2, 0.25) is 0 Å². The molecule has 3 nitrogen and oxygen atoms in total. The van der Waals surface area contributed by atoms with Crippen LogP contribution in [-0.2, 0) is 6.42 Å². The number of rotatable bonds is 5. The Hall–Kier alpha value is -1.35. The Balaban J connectivity index is 1.54. The molecule has 2 saturated carbocycles. The molecule has 0 aliphatic heterocycles. The van der Waals surface area contributed by atoms with Gasteiger partial charge in [-0.2, -0.15) is 0 Å². The van der Waals surface area contributed by atoms with Crippen LogP contribution in [-0.4, -0.2) is 17.6 Å². The Kier molecular flexibility index (Phi) is 3.46. The third-order valence-corrected chi connectivity index (χ3v) is 5.51. The highest BCUT2D eigenvalue weighted by Crippen LogP contribution is 2.49. The van der Waals surface area contributed by atoms with Gasteiger partial charge in [0.25, 0.3) is 0 Å². The molecule has 0 saturated heterocycles. The topological polar surface area (TPSA) is 38.1 Å². The summed E-state index contributed by atoms with van der Waals surface area (Å²) in [5, 5.41) is 3.70. The first kappa shape index (κ1) is 13.3. The van der Waals surface area contributed by atoms with Crippen LogP contribution in [0.25, 0.3) is 11.1 Å². The second kappa shape index (κ2) is 5.45. The zero-order chi connectivity index (χ0) is 14.2. The number of hydrogen-bond acceptors (Lipinski definition) is 3. The molecule has 2 aliphatic carbocycles. The van der Waals surface area contributed by atoms with Crippen LogP contribution in [0.3, 0.4) is 0 Å². The molecule has 1 aromatic carbocycles. The number of benzene rings is 1. The van der Waals surface area contributed by atoms with Crippen molar-refractivity contribution in [2.75, 3.05) is 6.54 Å². The predicted molar refractivity (Wildman–Crippen MR) is 84.1 cm³/mol. The van der Waals surface area contributed by atoms with Crippen molar-refractivity contribution < 1.29 is 4.42 Å². The van der Waals surface area contributed by atoms with E-state index in [1.54, 1.807) is 0 Å². The minimum atomic E-state index is 0.526. The highest BCUT2D eigenvalue weighted by atomic mass is 16.3. The van der Waals surface area contributed by atoms with Crippen LogP contribution in [0.4, 0.5) is 0 Å². The van der Waals surface area contributed by atoms with Crippen molar-refractivity contribution in [2.45, 2.75) is 45.1 Å². The van der Waals surface area contributed by atoms with Crippen LogP contribution in [0, 0.1) is 17.8 Å². The molecule has 112 valence electrons. The molecule has 0 spiro atoms. The lowest BCUT2D eigenvalue weighted by molar-refractivity contribution is 0.240. The summed E-state index contributed by atoms with van der Waals surface area (Å²) < 4.78 is 5.93. The first-order valence-corrected chi connectivity index (χ1v) is 8.41. The molecule has 2 aliphatic rings. The van der Waals surface area contributed by atoms with E-state index >= 15 is 0 Å². The van der Waals surface area contributed by atoms with Gasteiger partial charge < -0.3 is 9.73 Å². The van der Waals surface area contributed by atoms with Gasteiger partial charge in [0.05, 0.1) is 0 Å². The summed E-state index contributed by atoms with van der Waals surface area (Å²) in [7, 11) is 0. The largest absolute Gasteiger partial charge is 0.441 e. The molecule has 2 aromatic rings. The van der Waals surface area contributed by atoms with Gasteiger partial charge in [-0.3, -0.25) is 0 Å². The van der Waals surface area contributed by atoms with E-state index in [1.165, 1.54) is 25.7 Å². The highest BCUT2D eigenvalue weighted by molar-refractivity contribution is 5.72. The van der Waals surface area contributed by atoms with Gasteiger partial charge >= 0.3 is 0 Å². The number of para-hydroxylation sites is 2. The van der Waals surface area contributed by atoms with E-state index in [0.29, 0.717) is 6.04 Å². The van der Waals surface area contributed by atoms with Crippen molar-refractivity contribution in [3.8, 4) is 0 Å². The Morgan fingerprint density at radius 3 is 2.90 bits per heavy atom. The van der Waals surface area contributed by atoms with Crippen LogP contribution in [0.1, 0.15) is 38.5 Å². The van der Waals surface area contributed by atoms with Crippen LogP contribution in [0.2, 0.25) is 0 Å². The summed E-state index contributed by atoms with van der Waals surface area (Å²) in [6.45, 7) is 3.23. The highest BCUT2D eigenvalue weighted by Gasteiger charge is 2.43. The molecular formula is C18H24N2O. The van der Waals surface area contributed by atoms with Crippen LogP contribution in [0.15, 0.2) is 28.7 Å². The number of nitrogens with zero attached hydrogens (tertiary/aromatic N) is 1. The normalized spacial score (nSPS) is 29.3. The Morgan fingerprint density at radius 1 is 1.29 bits per heavy atom. The monoisotopic (exact) mass is 284 g/mol. The molecule has 0 radical (unpaired) electrons. The van der Waals surface area contributed by atoms with Gasteiger partial charge in [0.15, 0.2) is 11.5 Å². The smallest absolute Gasteiger partial charge is 0.197 e. The van der Waals surface area contributed by atoms with Crippen molar-refractivity contribution in [1.29, 1.82) is 0 Å². The van der Waals surface area contributed by atoms with E-state index < -0.39 is 0 Å². The fraction of sp³-hybridized carbons (Fsp3) is 0.611. The number of aromatic nitrogens is 1. The number of nitrogens with one attached hydrogen (secondary N) is 1. The van der Waals surface area contributed by atoms with Crippen molar-refractivity contribution in [2.24, 2.45) is 17.8 Å². The zero-order valence-corrected chi connectivity index (χ0v) is 12.7. The summed E-state index contributed by atoms with van der Waals surface area (Å²) in [4.78, 5) is 4.66. The molecular weight excluding hydrogens is 260 g/mol. The predicted octanol–water partition coefficient (Wildman–Crippen LogP) is 3.78. The van der Waals surface area contributed by atoms with E-state index in [-0.39, 0.29) is 0 Å². The standard InChI is InChI=1S/C18H24N2O/c1-2-19-16(14-10-12-7-8-13(14)9-12)11-18-20-15-5-3-4-6-17(15)21-18/h3-6,12-14,16,19H,2,7-11H2,1H3. The van der Waals surface area contributed by atoms with Gasteiger partial charge in [0.1, 0.15) is 5.52 Å². The van der Waals surface area contributed by atoms with Crippen LogP contribution >= 0.6 is 0 Å². The summed E-state index contributed by atoms with van der Waals surface area (Å²) in [5.74, 6) is 3.64. The number of hydrogen-bond donors (Lipinski definition) is 1. The average Bonchev–Trinajstić information content (AvgIpc) is 3.20. The van der Waals surface area contributed by atoms with E-state index in [1.807, 2.05) is 24.3 Å². The summed E-state index contributed by atoms with van der Waals surface area (Å²) >= 11 is 0. The minimum absolute atomic E-state index is 0.526. The molecule has 2 bridgehead atoms. The molecule has 0 amide bonds. The Morgan fingerprint density at radius 2 is 2.19 bits per heavy atom. The molecule has 1 aromatic heterocycles. The number of fused-ring (bicyclic) bond motifs is 3. The lowest BCUT2D eigenvalue weighted by Crippen LogP contribution is -2.40. The summed E-state index contributed by atoms with van der Waals surface area (Å²) in [6, 6.07) is 8.59. The summed E-state index contributed by atoms with van der Waals surface area (Å²) in [5.41, 5.74) is 1.89. The second-order valence-electron chi connectivity index (χ2n) is 6.78. The van der Waals surface area contributed by atoms with Gasteiger partial charge in [-0.15, -0.1) is 0 Å². The van der Waals surface area contributed by atoms with Crippen molar-refractivity contribution in [3.63, 3.8) is 0 Å². The van der Waals surface area contributed by atoms with Gasteiger partial charge in [-0.05, 0) is 55.7 Å². The fourth-order valence-electron chi connectivity index (χ4n) is 4.62. The molecule has 2 fully saturated rings. The van der Waals surface area contributed by atoms with Gasteiger partial charge in [-0.1, -0.05) is 25.5 Å². The van der Waals surface area contributed by atoms with Gasteiger partial charge in [0, 0.05) is 12.5 Å². The lowest BCUT2D eigenvalue weighted by atomic mass is 9.82. The van der Waals surface area contributed by atoms with E-state index in [9.17, 15) is 0 Å². The SMILES string of the molecule is CCNC(Cc1nc2ccccc2o1)C1CC2CCC1C2. The molecule has 21 heavy (non-hydrogen) atoms. The van der Waals surface area contributed by atoms with E-state index in [0.717, 1.165) is 47.7 Å². The van der Waals surface area contributed by atoms with Crippen molar-refractivity contribution in [3.05, 3.63) is 30.2 Å². The first-order valence-electron chi connectivity index (χ1n) is 8.41. The minimum Gasteiger partial charge on any atom is -0.441 e. The van der Waals surface area contributed by atoms with E-state index in [4.69, 9.17) is 4.42 Å². The number of likely N-dealkylation sites (N-methyl/N-ethyl adjacent to an activating group) is 1. The maximum absolute atomic E-state index is 5.93. The molecule has 1 N–H and O–H groups in total. The van der Waals surface area contributed by atoms with E-state index in [2.05, 4.69) is 17.2 Å². The van der Waals surface area contributed by atoms with Gasteiger partial charge in [-0.25, -0.2) is 4.98 Å². The molecule has 1 heterocycles. The quantitative estimate of drug-likeness (QED) is 0.908. The second-order valence-corrected chi connectivity index (χ2v) is 6.78. The van der Waals surface area contributed by atoms with Crippen molar-refractivity contribution in [1.82, 2.24) is 10.3 Å². The van der Waals surface area contributed by atoms with Crippen LogP contribution < -0.4 is 5.32 Å². The zero-order valence-electron chi connectivity index (χ0n) is 12.7. The third kappa shape index (κ3) is 2.48. The lowest BCUT2D eigenvalue weighted by Gasteiger charge is -2.30. The Bertz CT molecular complexity index is 587. The average molecular weight is 284 g/mol. The van der Waals surface area contributed by atoms with Crippen LogP contribution in [0.5, 0.6) is 0 Å². The molecule has 4 rings (SSSR count). The maximum Gasteiger partial charge on any atom is 0.197 e. The molecule has 4 atom stereocenters. The molecule has 3 heteroatoms. The molecule has 4 unspecified atom stereocenters. The summed E-state index contributed by atoms with van der Waals surface area (Å²) in [6.07, 6.45) is 6.69. The third-order valence-electron chi connectivity index (χ3n) is 5.51. The first-order chi connectivity index (χ1) is 10.3.